The summed E-state index contributed by atoms with van der Waals surface area (Å²) >= 11 is 0. The van der Waals surface area contributed by atoms with Crippen molar-refractivity contribution >= 4 is 21.7 Å². The maximum atomic E-state index is 11.7. The maximum absolute atomic E-state index is 11.7. The van der Waals surface area contributed by atoms with E-state index in [1.807, 2.05) is 12.1 Å². The van der Waals surface area contributed by atoms with Crippen LogP contribution in [0.25, 0.3) is 0 Å². The van der Waals surface area contributed by atoms with Gasteiger partial charge in [0, 0.05) is 5.69 Å². The lowest BCUT2D eigenvalue weighted by atomic mass is 9.87. The highest BCUT2D eigenvalue weighted by Crippen LogP contribution is 2.24. The molecule has 0 radical (unpaired) electrons. The largest absolute Gasteiger partial charge is 0.480 e. The number of carboxylic acid groups (broad SMARTS) is 1. The molecule has 0 saturated heterocycles. The standard InChI is InChI=1S/C13H19NO4S/c1-9(12(15)16)19(17,18)14-11-7-5-10(6-8-11)13(2,3)4/h5-9,14H,1-4H3,(H,15,16). The summed E-state index contributed by atoms with van der Waals surface area (Å²) in [7, 11) is -3.91. The number of benzene rings is 1. The zero-order valence-electron chi connectivity index (χ0n) is 11.5. The summed E-state index contributed by atoms with van der Waals surface area (Å²) < 4.78 is 25.7. The summed E-state index contributed by atoms with van der Waals surface area (Å²) in [5.74, 6) is -1.38. The molecule has 0 spiro atoms. The van der Waals surface area contributed by atoms with Gasteiger partial charge in [-0.05, 0) is 30.0 Å². The molecular weight excluding hydrogens is 266 g/mol. The van der Waals surface area contributed by atoms with Crippen LogP contribution in [-0.2, 0) is 20.2 Å². The van der Waals surface area contributed by atoms with Crippen molar-refractivity contribution in [2.24, 2.45) is 0 Å². The summed E-state index contributed by atoms with van der Waals surface area (Å²) in [6.07, 6.45) is 0. The Morgan fingerprint density at radius 3 is 2.05 bits per heavy atom. The Labute approximate surface area is 113 Å². The van der Waals surface area contributed by atoms with Crippen molar-refractivity contribution in [1.29, 1.82) is 0 Å². The lowest BCUT2D eigenvalue weighted by Gasteiger charge is -2.19. The Bertz CT molecular complexity index is 555. The van der Waals surface area contributed by atoms with E-state index < -0.39 is 21.2 Å². The molecule has 0 aromatic heterocycles. The van der Waals surface area contributed by atoms with Crippen molar-refractivity contribution in [2.45, 2.75) is 38.4 Å². The van der Waals surface area contributed by atoms with Crippen molar-refractivity contribution in [3.05, 3.63) is 29.8 Å². The molecule has 6 heteroatoms. The van der Waals surface area contributed by atoms with E-state index in [0.717, 1.165) is 12.5 Å². The third-order valence-corrected chi connectivity index (χ3v) is 4.48. The van der Waals surface area contributed by atoms with Gasteiger partial charge in [-0.1, -0.05) is 32.9 Å². The molecule has 2 N–H and O–H groups in total. The molecule has 106 valence electrons. The number of hydrogen-bond acceptors (Lipinski definition) is 3. The van der Waals surface area contributed by atoms with Crippen LogP contribution in [0.15, 0.2) is 24.3 Å². The first kappa shape index (κ1) is 15.5. The molecule has 1 rings (SSSR count). The number of anilines is 1. The van der Waals surface area contributed by atoms with Crippen LogP contribution in [0, 0.1) is 0 Å². The summed E-state index contributed by atoms with van der Waals surface area (Å²) in [6.45, 7) is 7.30. The first-order chi connectivity index (χ1) is 8.54. The molecule has 0 aliphatic heterocycles. The van der Waals surface area contributed by atoms with Gasteiger partial charge in [-0.2, -0.15) is 0 Å². The highest BCUT2D eigenvalue weighted by Gasteiger charge is 2.27. The second-order valence-electron chi connectivity index (χ2n) is 5.45. The molecule has 1 aromatic rings. The molecule has 0 bridgehead atoms. The van der Waals surface area contributed by atoms with Crippen LogP contribution in [0.1, 0.15) is 33.3 Å². The van der Waals surface area contributed by atoms with E-state index in [1.165, 1.54) is 0 Å². The third kappa shape index (κ3) is 3.96. The average molecular weight is 285 g/mol. The van der Waals surface area contributed by atoms with Crippen LogP contribution in [0.2, 0.25) is 0 Å². The fourth-order valence-corrected chi connectivity index (χ4v) is 2.33. The predicted octanol–water partition coefficient (Wildman–Crippen LogP) is 2.20. The molecule has 0 heterocycles. The van der Waals surface area contributed by atoms with E-state index >= 15 is 0 Å². The number of rotatable bonds is 4. The minimum Gasteiger partial charge on any atom is -0.480 e. The molecule has 0 fully saturated rings. The Hall–Kier alpha value is -1.56. The topological polar surface area (TPSA) is 83.5 Å². The Kier molecular flexibility index (Phi) is 4.25. The Balaban J connectivity index is 2.93. The van der Waals surface area contributed by atoms with Gasteiger partial charge < -0.3 is 5.11 Å². The smallest absolute Gasteiger partial charge is 0.323 e. The first-order valence-corrected chi connectivity index (χ1v) is 7.43. The zero-order valence-corrected chi connectivity index (χ0v) is 12.3. The molecule has 1 unspecified atom stereocenters. The van der Waals surface area contributed by atoms with Crippen molar-refractivity contribution in [3.8, 4) is 0 Å². The lowest BCUT2D eigenvalue weighted by Crippen LogP contribution is -2.32. The fraction of sp³-hybridized carbons (Fsp3) is 0.462. The third-order valence-electron chi connectivity index (χ3n) is 2.82. The Morgan fingerprint density at radius 2 is 1.68 bits per heavy atom. The minimum atomic E-state index is -3.91. The van der Waals surface area contributed by atoms with Crippen LogP contribution in [-0.4, -0.2) is 24.7 Å². The highest BCUT2D eigenvalue weighted by molar-refractivity contribution is 7.94. The summed E-state index contributed by atoms with van der Waals surface area (Å²) in [5, 5.41) is 7.24. The van der Waals surface area contributed by atoms with Crippen LogP contribution < -0.4 is 4.72 Å². The molecular formula is C13H19NO4S. The van der Waals surface area contributed by atoms with Gasteiger partial charge >= 0.3 is 5.97 Å². The van der Waals surface area contributed by atoms with Gasteiger partial charge in [-0.15, -0.1) is 0 Å². The number of carboxylic acids is 1. The quantitative estimate of drug-likeness (QED) is 0.888. The normalized spacial score (nSPS) is 13.9. The second kappa shape index (κ2) is 5.21. The van der Waals surface area contributed by atoms with Crippen molar-refractivity contribution < 1.29 is 18.3 Å². The molecule has 19 heavy (non-hydrogen) atoms. The number of carbonyl (C=O) groups is 1. The molecule has 0 aliphatic carbocycles. The predicted molar refractivity (Wildman–Crippen MR) is 74.8 cm³/mol. The van der Waals surface area contributed by atoms with Gasteiger partial charge in [0.1, 0.15) is 0 Å². The van der Waals surface area contributed by atoms with E-state index in [4.69, 9.17) is 5.11 Å². The van der Waals surface area contributed by atoms with Gasteiger partial charge in [0.15, 0.2) is 5.25 Å². The fourth-order valence-electron chi connectivity index (χ4n) is 1.42. The number of hydrogen-bond donors (Lipinski definition) is 2. The maximum Gasteiger partial charge on any atom is 0.323 e. The Morgan fingerprint density at radius 1 is 1.21 bits per heavy atom. The first-order valence-electron chi connectivity index (χ1n) is 5.89. The molecule has 1 aromatic carbocycles. The number of nitrogens with one attached hydrogen (secondary N) is 1. The average Bonchev–Trinajstić information content (AvgIpc) is 2.26. The van der Waals surface area contributed by atoms with Crippen molar-refractivity contribution in [2.75, 3.05) is 4.72 Å². The van der Waals surface area contributed by atoms with Gasteiger partial charge in [0.2, 0.25) is 10.0 Å². The van der Waals surface area contributed by atoms with Gasteiger partial charge in [0.05, 0.1) is 0 Å². The van der Waals surface area contributed by atoms with Crippen molar-refractivity contribution in [1.82, 2.24) is 0 Å². The summed E-state index contributed by atoms with van der Waals surface area (Å²) in [5.41, 5.74) is 1.41. The van der Waals surface area contributed by atoms with Crippen molar-refractivity contribution in [3.63, 3.8) is 0 Å². The monoisotopic (exact) mass is 285 g/mol. The van der Waals surface area contributed by atoms with E-state index in [1.54, 1.807) is 12.1 Å². The van der Waals surface area contributed by atoms with E-state index in [2.05, 4.69) is 25.5 Å². The molecule has 0 amide bonds. The number of sulfonamides is 1. The van der Waals surface area contributed by atoms with Crippen LogP contribution >= 0.6 is 0 Å². The zero-order chi connectivity index (χ0) is 14.8. The summed E-state index contributed by atoms with van der Waals surface area (Å²) in [6, 6.07) is 6.91. The van der Waals surface area contributed by atoms with Crippen LogP contribution in [0.3, 0.4) is 0 Å². The summed E-state index contributed by atoms with van der Waals surface area (Å²) in [4.78, 5) is 10.7. The van der Waals surface area contributed by atoms with Gasteiger partial charge in [-0.3, -0.25) is 9.52 Å². The van der Waals surface area contributed by atoms with Gasteiger partial charge in [0.25, 0.3) is 0 Å². The second-order valence-corrected chi connectivity index (χ2v) is 7.46. The van der Waals surface area contributed by atoms with E-state index in [9.17, 15) is 13.2 Å². The molecule has 5 nitrogen and oxygen atoms in total. The van der Waals surface area contributed by atoms with E-state index in [-0.39, 0.29) is 5.41 Å². The van der Waals surface area contributed by atoms with E-state index in [0.29, 0.717) is 5.69 Å². The lowest BCUT2D eigenvalue weighted by molar-refractivity contribution is -0.136. The molecule has 1 atom stereocenters. The SMILES string of the molecule is CC(C(=O)O)S(=O)(=O)Nc1ccc(C(C)(C)C)cc1. The van der Waals surface area contributed by atoms with Crippen LogP contribution in [0.4, 0.5) is 5.69 Å². The van der Waals surface area contributed by atoms with Crippen LogP contribution in [0.5, 0.6) is 0 Å². The molecule has 0 aliphatic rings. The highest BCUT2D eigenvalue weighted by atomic mass is 32.2. The van der Waals surface area contributed by atoms with Gasteiger partial charge in [-0.25, -0.2) is 8.42 Å². The molecule has 0 saturated carbocycles. The number of aliphatic carboxylic acids is 1. The minimum absolute atomic E-state index is 0.0221.